The predicted octanol–water partition coefficient (Wildman–Crippen LogP) is -1.68. The number of aliphatic hydroxyl groups is 4. The van der Waals surface area contributed by atoms with Crippen LogP contribution in [0.2, 0.25) is 0 Å². The Morgan fingerprint density at radius 1 is 1.39 bits per heavy atom. The summed E-state index contributed by atoms with van der Waals surface area (Å²) in [5, 5.41) is 51.7. The van der Waals surface area contributed by atoms with E-state index in [4.69, 9.17) is 4.74 Å². The van der Waals surface area contributed by atoms with Crippen LogP contribution in [0.15, 0.2) is 15.8 Å². The number of nitrogens with zero attached hydrogens (tertiary/aromatic N) is 2. The molecule has 160 valence electrons. The summed E-state index contributed by atoms with van der Waals surface area (Å²) in [4.78, 5) is 26.0. The molecule has 0 aliphatic carbocycles. The molecule has 1 unspecified atom stereocenters. The number of alkyl halides is 1. The van der Waals surface area contributed by atoms with Crippen LogP contribution in [0.25, 0.3) is 0 Å². The van der Waals surface area contributed by atoms with Crippen molar-refractivity contribution in [3.8, 4) is 0 Å². The van der Waals surface area contributed by atoms with Crippen LogP contribution in [0.5, 0.6) is 0 Å². The number of aromatic amines is 1. The average Bonchev–Trinajstić information content (AvgIpc) is 2.87. The quantitative estimate of drug-likeness (QED) is 0.167. The normalized spacial score (nSPS) is 31.5. The molecular formula is C16H26FN3O8. The lowest BCUT2D eigenvalue weighted by atomic mass is 10.00. The van der Waals surface area contributed by atoms with Gasteiger partial charge in [-0.1, -0.05) is 20.3 Å². The van der Waals surface area contributed by atoms with Gasteiger partial charge in [0.15, 0.2) is 6.30 Å². The maximum atomic E-state index is 14.5. The highest BCUT2D eigenvalue weighted by molar-refractivity contribution is 5.10. The Balaban J connectivity index is 2.64. The second-order valence-electron chi connectivity index (χ2n) is 6.68. The summed E-state index contributed by atoms with van der Waals surface area (Å²) in [5.41, 5.74) is -5.26. The van der Waals surface area contributed by atoms with Crippen molar-refractivity contribution in [2.75, 3.05) is 6.61 Å². The fourth-order valence-electron chi connectivity index (χ4n) is 3.17. The van der Waals surface area contributed by atoms with Crippen LogP contribution in [0.3, 0.4) is 0 Å². The van der Waals surface area contributed by atoms with Crippen molar-refractivity contribution in [2.24, 2.45) is 0 Å². The summed E-state index contributed by atoms with van der Waals surface area (Å²) in [6.45, 7) is 2.42. The van der Waals surface area contributed by atoms with E-state index >= 15 is 0 Å². The first-order valence-electron chi connectivity index (χ1n) is 8.97. The molecule has 11 nitrogen and oxygen atoms in total. The molecule has 1 aliphatic rings. The van der Waals surface area contributed by atoms with Crippen LogP contribution in [0.1, 0.15) is 38.7 Å². The lowest BCUT2D eigenvalue weighted by Gasteiger charge is -2.43. The van der Waals surface area contributed by atoms with Crippen LogP contribution < -0.4 is 11.2 Å². The van der Waals surface area contributed by atoms with Crippen molar-refractivity contribution in [1.82, 2.24) is 14.6 Å². The monoisotopic (exact) mass is 407 g/mol. The van der Waals surface area contributed by atoms with Gasteiger partial charge in [-0.05, 0) is 19.3 Å². The van der Waals surface area contributed by atoms with Gasteiger partial charge in [-0.3, -0.25) is 9.78 Å². The summed E-state index contributed by atoms with van der Waals surface area (Å²) in [6.07, 6.45) is -4.52. The summed E-state index contributed by atoms with van der Waals surface area (Å²) < 4.78 is 19.9. The van der Waals surface area contributed by atoms with Gasteiger partial charge in [0.1, 0.15) is 12.2 Å². The first kappa shape index (κ1) is 22.6. The van der Waals surface area contributed by atoms with Gasteiger partial charge in [-0.15, -0.1) is 5.06 Å². The largest absolute Gasteiger partial charge is 0.394 e. The second kappa shape index (κ2) is 8.37. The van der Waals surface area contributed by atoms with Crippen molar-refractivity contribution in [2.45, 2.75) is 69.7 Å². The summed E-state index contributed by atoms with van der Waals surface area (Å²) in [5.74, 6) is -3.23. The lowest BCUT2D eigenvalue weighted by molar-refractivity contribution is -0.428. The Labute approximate surface area is 159 Å². The van der Waals surface area contributed by atoms with Gasteiger partial charge in [-0.2, -0.15) is 0 Å². The summed E-state index contributed by atoms with van der Waals surface area (Å²) in [7, 11) is 0. The topological polar surface area (TPSA) is 168 Å². The van der Waals surface area contributed by atoms with E-state index in [0.29, 0.717) is 17.4 Å². The molecule has 2 heterocycles. The molecule has 1 aromatic heterocycles. The number of aryl methyl sites for hydroxylation is 1. The number of hydrogen-bond acceptors (Lipinski definition) is 9. The maximum Gasteiger partial charge on any atom is 0.332 e. The molecule has 12 heteroatoms. The number of unbranched alkanes of at least 4 members (excludes halogenated alkanes) is 1. The SMILES string of the molecule is CCCCC(F)N(O)[C@@]1(O)[C@H](O)[C@@H](CO)O[C@@]1(O)n1cc(CC)c(=O)[nH]c1=O. The molecule has 0 aromatic carbocycles. The third-order valence-corrected chi connectivity index (χ3v) is 4.87. The van der Waals surface area contributed by atoms with E-state index < -0.39 is 48.0 Å². The standard InChI is InChI=1S/C16H26FN3O8/c1-3-5-6-11(17)20(27)15(25)12(22)10(8-21)28-16(15,26)19-7-9(4-2)13(23)18-14(19)24/h7,10-12,21-22,25-27H,3-6,8H2,1-2H3,(H,18,23,24)/t10-,11?,12-,15-,16-/m1/s1. The third-order valence-electron chi connectivity index (χ3n) is 4.87. The minimum absolute atomic E-state index is 0.00758. The number of nitrogens with one attached hydrogen (secondary N) is 1. The zero-order chi connectivity index (χ0) is 21.3. The zero-order valence-corrected chi connectivity index (χ0v) is 15.6. The Kier molecular flexibility index (Phi) is 6.76. The van der Waals surface area contributed by atoms with E-state index in [-0.39, 0.29) is 23.5 Å². The van der Waals surface area contributed by atoms with Crippen molar-refractivity contribution in [1.29, 1.82) is 0 Å². The molecule has 1 saturated heterocycles. The van der Waals surface area contributed by atoms with E-state index in [9.17, 15) is 39.6 Å². The van der Waals surface area contributed by atoms with E-state index in [1.54, 1.807) is 13.8 Å². The molecule has 1 aliphatic heterocycles. The number of aromatic nitrogens is 2. The van der Waals surface area contributed by atoms with Crippen molar-refractivity contribution < 1.29 is 34.8 Å². The molecule has 0 spiro atoms. The van der Waals surface area contributed by atoms with E-state index in [0.717, 1.165) is 6.20 Å². The first-order valence-corrected chi connectivity index (χ1v) is 8.97. The highest BCUT2D eigenvalue weighted by Crippen LogP contribution is 2.44. The zero-order valence-electron chi connectivity index (χ0n) is 15.6. The number of halogens is 1. The van der Waals surface area contributed by atoms with Crippen molar-refractivity contribution >= 4 is 0 Å². The molecule has 1 fully saturated rings. The molecule has 5 atom stereocenters. The Morgan fingerprint density at radius 2 is 2.04 bits per heavy atom. The molecular weight excluding hydrogens is 381 g/mol. The van der Waals surface area contributed by atoms with Crippen LogP contribution in [-0.2, 0) is 17.1 Å². The number of hydrogen-bond donors (Lipinski definition) is 6. The highest BCUT2D eigenvalue weighted by atomic mass is 19.1. The number of rotatable bonds is 8. The van der Waals surface area contributed by atoms with Gasteiger partial charge in [0.05, 0.1) is 6.61 Å². The van der Waals surface area contributed by atoms with E-state index in [1.807, 2.05) is 4.98 Å². The van der Waals surface area contributed by atoms with Crippen LogP contribution in [-0.4, -0.2) is 71.1 Å². The Hall–Kier alpha value is -1.67. The van der Waals surface area contributed by atoms with Gasteiger partial charge in [0.25, 0.3) is 5.56 Å². The van der Waals surface area contributed by atoms with Crippen molar-refractivity contribution in [3.05, 3.63) is 32.6 Å². The van der Waals surface area contributed by atoms with Gasteiger partial charge < -0.3 is 30.4 Å². The number of hydroxylamine groups is 2. The summed E-state index contributed by atoms with van der Waals surface area (Å²) in [6, 6.07) is 0. The van der Waals surface area contributed by atoms with Crippen molar-refractivity contribution in [3.63, 3.8) is 0 Å². The Morgan fingerprint density at radius 3 is 2.57 bits per heavy atom. The molecule has 0 radical (unpaired) electrons. The van der Waals surface area contributed by atoms with Crippen LogP contribution in [0.4, 0.5) is 4.39 Å². The van der Waals surface area contributed by atoms with E-state index in [2.05, 4.69) is 0 Å². The second-order valence-corrected chi connectivity index (χ2v) is 6.68. The number of aliphatic hydroxyl groups excluding tert-OH is 2. The molecule has 0 saturated carbocycles. The molecule has 0 amide bonds. The van der Waals surface area contributed by atoms with Gasteiger partial charge >= 0.3 is 11.6 Å². The fourth-order valence-corrected chi connectivity index (χ4v) is 3.17. The van der Waals surface area contributed by atoms with Gasteiger partial charge in [0, 0.05) is 11.8 Å². The van der Waals surface area contributed by atoms with E-state index in [1.165, 1.54) is 0 Å². The molecule has 6 N–H and O–H groups in total. The minimum Gasteiger partial charge on any atom is -0.394 e. The molecule has 2 rings (SSSR count). The molecule has 0 bridgehead atoms. The van der Waals surface area contributed by atoms with Gasteiger partial charge in [-0.25, -0.2) is 13.8 Å². The highest BCUT2D eigenvalue weighted by Gasteiger charge is 2.71. The summed E-state index contributed by atoms with van der Waals surface area (Å²) >= 11 is 0. The van der Waals surface area contributed by atoms with Crippen LogP contribution >= 0.6 is 0 Å². The number of H-pyrrole nitrogens is 1. The molecule has 28 heavy (non-hydrogen) atoms. The fraction of sp³-hybridized carbons (Fsp3) is 0.750. The van der Waals surface area contributed by atoms with Gasteiger partial charge in [0.2, 0.25) is 5.72 Å². The first-order chi connectivity index (χ1) is 13.1. The smallest absolute Gasteiger partial charge is 0.332 e. The molecule has 1 aromatic rings. The Bertz CT molecular complexity index is 801. The minimum atomic E-state index is -3.28. The maximum absolute atomic E-state index is 14.5. The van der Waals surface area contributed by atoms with Crippen LogP contribution in [0, 0.1) is 0 Å². The predicted molar refractivity (Wildman–Crippen MR) is 91.9 cm³/mol. The number of ether oxygens (including phenoxy) is 1. The third kappa shape index (κ3) is 3.41. The lowest BCUT2D eigenvalue weighted by Crippen LogP contribution is -2.69. The average molecular weight is 407 g/mol.